The first-order chi connectivity index (χ1) is 9.49. The monoisotopic (exact) mass is 299 g/mol. The van der Waals surface area contributed by atoms with Crippen LogP contribution < -0.4 is 0 Å². The molecule has 0 aromatic carbocycles. The maximum Gasteiger partial charge on any atom is 0.250 e. The number of rotatable bonds is 6. The van der Waals surface area contributed by atoms with E-state index in [4.69, 9.17) is 9.47 Å². The molecule has 0 saturated carbocycles. The Labute approximate surface area is 117 Å². The van der Waals surface area contributed by atoms with Gasteiger partial charge in [-0.3, -0.25) is 4.21 Å². The van der Waals surface area contributed by atoms with Gasteiger partial charge in [-0.2, -0.15) is 9.98 Å². The molecule has 1 atom stereocenters. The van der Waals surface area contributed by atoms with E-state index in [2.05, 4.69) is 9.98 Å². The Morgan fingerprint density at radius 2 is 1.85 bits per heavy atom. The Bertz CT molecular complexity index is 535. The highest BCUT2D eigenvalue weighted by atomic mass is 32.2. The van der Waals surface area contributed by atoms with Crippen LogP contribution in [0.3, 0.4) is 0 Å². The fourth-order valence-corrected chi connectivity index (χ4v) is 2.31. The quantitative estimate of drug-likeness (QED) is 0.288. The van der Waals surface area contributed by atoms with Crippen LogP contribution in [-0.4, -0.2) is 52.3 Å². The molecule has 1 unspecified atom stereocenters. The lowest BCUT2D eigenvalue weighted by Crippen LogP contribution is -2.53. The van der Waals surface area contributed by atoms with Crippen molar-refractivity contribution in [1.82, 2.24) is 0 Å². The van der Waals surface area contributed by atoms with Crippen molar-refractivity contribution in [1.29, 1.82) is 0 Å². The summed E-state index contributed by atoms with van der Waals surface area (Å²) in [4.78, 5) is 28.1. The summed E-state index contributed by atoms with van der Waals surface area (Å²) in [5, 5.41) is 0. The Morgan fingerprint density at radius 3 is 2.25 bits per heavy atom. The zero-order valence-electron chi connectivity index (χ0n) is 10.7. The smallest absolute Gasteiger partial charge is 0.250 e. The molecule has 1 aliphatic carbocycles. The van der Waals surface area contributed by atoms with Crippen LogP contribution >= 0.6 is 0 Å². The molecule has 0 bridgehead atoms. The standard InChI is InChI=1S/C11H12N2O6S/c1-18-11(19-2)5-9(6-20(16)17)3-4-10(11,12-7-14)13-8-15/h3-5H,6H2,1-2H3,(H,16,17)/p-1. The molecule has 0 aliphatic heterocycles. The molecular formula is C11H11N2O6S-. The van der Waals surface area contributed by atoms with Gasteiger partial charge in [-0.1, -0.05) is 17.2 Å². The highest BCUT2D eigenvalue weighted by Crippen LogP contribution is 2.38. The predicted octanol–water partition coefficient (Wildman–Crippen LogP) is -0.281. The minimum Gasteiger partial charge on any atom is -0.772 e. The Morgan fingerprint density at radius 1 is 1.30 bits per heavy atom. The summed E-state index contributed by atoms with van der Waals surface area (Å²) in [5.74, 6) is -2.04. The van der Waals surface area contributed by atoms with Crippen LogP contribution in [0.2, 0.25) is 0 Å². The topological polar surface area (TPSA) is 117 Å². The van der Waals surface area contributed by atoms with Crippen LogP contribution in [0, 0.1) is 0 Å². The molecule has 0 aromatic heterocycles. The molecule has 0 amide bonds. The van der Waals surface area contributed by atoms with E-state index < -0.39 is 22.5 Å². The maximum absolute atomic E-state index is 10.7. The fraction of sp³-hybridized carbons (Fsp3) is 0.455. The number of carbonyl (C=O) groups excluding carboxylic acids is 2. The van der Waals surface area contributed by atoms with Gasteiger partial charge in [0.2, 0.25) is 23.6 Å². The van der Waals surface area contributed by atoms with E-state index in [0.717, 1.165) is 0 Å². The molecule has 20 heavy (non-hydrogen) atoms. The second kappa shape index (κ2) is 6.62. The second-order valence-electron chi connectivity index (χ2n) is 3.71. The fourth-order valence-electron chi connectivity index (χ4n) is 1.86. The number of methoxy groups -OCH3 is 2. The normalized spacial score (nSPS) is 25.1. The summed E-state index contributed by atoms with van der Waals surface area (Å²) < 4.78 is 31.8. The molecule has 8 nitrogen and oxygen atoms in total. The van der Waals surface area contributed by atoms with Crippen molar-refractivity contribution in [3.63, 3.8) is 0 Å². The predicted molar refractivity (Wildman–Crippen MR) is 66.7 cm³/mol. The highest BCUT2D eigenvalue weighted by molar-refractivity contribution is 7.79. The third kappa shape index (κ3) is 2.88. The minimum atomic E-state index is -2.33. The van der Waals surface area contributed by atoms with Gasteiger partial charge in [0, 0.05) is 20.0 Å². The third-order valence-corrected chi connectivity index (χ3v) is 3.31. The average molecular weight is 299 g/mol. The molecule has 0 fully saturated rings. The Hall–Kier alpha value is -1.73. The molecule has 0 spiro atoms. The first-order valence-electron chi connectivity index (χ1n) is 5.24. The molecule has 0 aromatic rings. The van der Waals surface area contributed by atoms with Crippen LogP contribution in [0.1, 0.15) is 0 Å². The molecule has 1 rings (SSSR count). The van der Waals surface area contributed by atoms with E-state index in [1.165, 1.54) is 44.6 Å². The zero-order valence-corrected chi connectivity index (χ0v) is 11.5. The maximum atomic E-state index is 10.7. The van der Waals surface area contributed by atoms with Gasteiger partial charge in [-0.25, -0.2) is 9.59 Å². The van der Waals surface area contributed by atoms with E-state index in [0.29, 0.717) is 5.57 Å². The number of hydrogen-bond donors (Lipinski definition) is 0. The number of hydrogen-bond acceptors (Lipinski definition) is 8. The summed E-state index contributed by atoms with van der Waals surface area (Å²) in [6.45, 7) is 0. The van der Waals surface area contributed by atoms with Crippen molar-refractivity contribution in [2.45, 2.75) is 11.4 Å². The summed E-state index contributed by atoms with van der Waals surface area (Å²) in [7, 11) is 2.47. The van der Waals surface area contributed by atoms with Crippen LogP contribution in [0.15, 0.2) is 33.8 Å². The first-order valence-corrected chi connectivity index (χ1v) is 6.49. The number of allylic oxidation sites excluding steroid dienone is 1. The van der Waals surface area contributed by atoms with Crippen molar-refractivity contribution < 1.29 is 27.8 Å². The number of nitrogens with zero attached hydrogens (tertiary/aromatic N) is 2. The third-order valence-electron chi connectivity index (χ3n) is 2.74. The summed E-state index contributed by atoms with van der Waals surface area (Å²) in [6.07, 6.45) is 6.42. The lowest BCUT2D eigenvalue weighted by molar-refractivity contribution is -0.200. The summed E-state index contributed by atoms with van der Waals surface area (Å²) in [6, 6.07) is 0. The van der Waals surface area contributed by atoms with Crippen molar-refractivity contribution in [3.05, 3.63) is 23.8 Å². The molecule has 0 saturated heterocycles. The van der Waals surface area contributed by atoms with Gasteiger partial charge < -0.3 is 14.0 Å². The largest absolute Gasteiger partial charge is 0.772 e. The lowest BCUT2D eigenvalue weighted by atomic mass is 9.91. The number of ether oxygens (including phenoxy) is 2. The van der Waals surface area contributed by atoms with E-state index in [1.54, 1.807) is 0 Å². The van der Waals surface area contributed by atoms with Gasteiger partial charge in [0.1, 0.15) is 0 Å². The average Bonchev–Trinajstić information content (AvgIpc) is 2.41. The van der Waals surface area contributed by atoms with Gasteiger partial charge in [0.15, 0.2) is 0 Å². The summed E-state index contributed by atoms with van der Waals surface area (Å²) >= 11 is -2.33. The van der Waals surface area contributed by atoms with Crippen LogP contribution in [0.25, 0.3) is 0 Å². The van der Waals surface area contributed by atoms with Crippen LogP contribution in [-0.2, 0) is 30.1 Å². The van der Waals surface area contributed by atoms with Crippen LogP contribution in [0.4, 0.5) is 0 Å². The van der Waals surface area contributed by atoms with Gasteiger partial charge in [-0.05, 0) is 17.7 Å². The van der Waals surface area contributed by atoms with E-state index in [9.17, 15) is 18.4 Å². The van der Waals surface area contributed by atoms with Gasteiger partial charge >= 0.3 is 0 Å². The SMILES string of the molecule is COC1(OC)C=C(CS(=O)[O-])C=CC1(N=C=O)N=C=O. The van der Waals surface area contributed by atoms with E-state index >= 15 is 0 Å². The van der Waals surface area contributed by atoms with Crippen LogP contribution in [0.5, 0.6) is 0 Å². The van der Waals surface area contributed by atoms with Gasteiger partial charge in [0.05, 0.1) is 0 Å². The molecule has 0 heterocycles. The summed E-state index contributed by atoms with van der Waals surface area (Å²) in [5.41, 5.74) is -1.51. The van der Waals surface area contributed by atoms with Gasteiger partial charge in [0.25, 0.3) is 0 Å². The molecule has 0 radical (unpaired) electrons. The van der Waals surface area contributed by atoms with E-state index in [1.807, 2.05) is 0 Å². The lowest BCUT2D eigenvalue weighted by Gasteiger charge is -2.39. The van der Waals surface area contributed by atoms with Crippen molar-refractivity contribution in [2.75, 3.05) is 20.0 Å². The minimum absolute atomic E-state index is 0.295. The molecule has 9 heteroatoms. The molecule has 108 valence electrons. The first kappa shape index (κ1) is 16.3. The highest BCUT2D eigenvalue weighted by Gasteiger charge is 2.53. The van der Waals surface area contributed by atoms with E-state index in [-0.39, 0.29) is 5.75 Å². The van der Waals surface area contributed by atoms with Crippen molar-refractivity contribution >= 4 is 23.2 Å². The Balaban J connectivity index is 3.46. The number of isocyanates is 2. The zero-order chi connectivity index (χ0) is 15.2. The molecule has 1 aliphatic rings. The molecule has 0 N–H and O–H groups in total. The van der Waals surface area contributed by atoms with Crippen molar-refractivity contribution in [2.24, 2.45) is 9.98 Å². The van der Waals surface area contributed by atoms with Gasteiger partial charge in [-0.15, -0.1) is 0 Å². The Kier molecular flexibility index (Phi) is 5.41. The van der Waals surface area contributed by atoms with Crippen molar-refractivity contribution in [3.8, 4) is 0 Å². The molecular weight excluding hydrogens is 288 g/mol. The number of aliphatic imine (C=N–C) groups is 2. The second-order valence-corrected chi connectivity index (χ2v) is 4.60.